The van der Waals surface area contributed by atoms with E-state index < -0.39 is 37.7 Å². The molecule has 42 heavy (non-hydrogen) atoms. The minimum Gasteiger partial charge on any atom is -0.322 e. The number of sulfonamides is 2. The average Bonchev–Trinajstić information content (AvgIpc) is 2.91. The molecule has 0 aliphatic rings. The average molecular weight is 638 g/mol. The summed E-state index contributed by atoms with van der Waals surface area (Å²) in [6.45, 7) is 3.59. The lowest BCUT2D eigenvalue weighted by molar-refractivity contribution is -0.137. The number of aryl methyl sites for hydroxylation is 1. The zero-order valence-corrected chi connectivity index (χ0v) is 24.3. The number of amides is 1. The Hall–Kier alpha value is -4.07. The van der Waals surface area contributed by atoms with Gasteiger partial charge in [0.2, 0.25) is 0 Å². The molecule has 0 unspecified atom stereocenters. The SMILES string of the molecule is Cc1cccc(NS(=O)(=O)c2cc(C(=O)Nc3ccc(S(=O)(=O)Nc4cccc(C(F)(F)F)c4)cc3)ccc2Cl)c1C. The number of rotatable bonds is 8. The highest BCUT2D eigenvalue weighted by molar-refractivity contribution is 7.93. The van der Waals surface area contributed by atoms with E-state index >= 15 is 0 Å². The van der Waals surface area contributed by atoms with Crippen LogP contribution >= 0.6 is 11.6 Å². The summed E-state index contributed by atoms with van der Waals surface area (Å²) < 4.78 is 95.1. The summed E-state index contributed by atoms with van der Waals surface area (Å²) in [5.41, 5.74) is 0.803. The fraction of sp³-hybridized carbons (Fsp3) is 0.107. The molecule has 8 nitrogen and oxygen atoms in total. The van der Waals surface area contributed by atoms with Crippen LogP contribution in [0, 0.1) is 13.8 Å². The number of halogens is 4. The van der Waals surface area contributed by atoms with Crippen LogP contribution in [-0.4, -0.2) is 22.7 Å². The van der Waals surface area contributed by atoms with Gasteiger partial charge in [-0.2, -0.15) is 13.2 Å². The highest BCUT2D eigenvalue weighted by Gasteiger charge is 2.31. The molecule has 0 aromatic heterocycles. The molecule has 0 fully saturated rings. The van der Waals surface area contributed by atoms with Gasteiger partial charge in [0.15, 0.2) is 0 Å². The summed E-state index contributed by atoms with van der Waals surface area (Å²) in [5.74, 6) is -0.701. The van der Waals surface area contributed by atoms with Crippen molar-refractivity contribution < 1.29 is 34.8 Å². The number of carbonyl (C=O) groups is 1. The van der Waals surface area contributed by atoms with E-state index in [0.29, 0.717) is 11.8 Å². The van der Waals surface area contributed by atoms with Gasteiger partial charge in [0.25, 0.3) is 26.0 Å². The fourth-order valence-electron chi connectivity index (χ4n) is 3.81. The number of alkyl halides is 3. The fourth-order valence-corrected chi connectivity index (χ4v) is 6.50. The monoisotopic (exact) mass is 637 g/mol. The second-order valence-corrected chi connectivity index (χ2v) is 12.9. The Morgan fingerprint density at radius 2 is 1.43 bits per heavy atom. The highest BCUT2D eigenvalue weighted by Crippen LogP contribution is 2.31. The third kappa shape index (κ3) is 7.04. The number of carbonyl (C=O) groups excluding carboxylic acids is 1. The van der Waals surface area contributed by atoms with Gasteiger partial charge in [0, 0.05) is 16.9 Å². The summed E-state index contributed by atoms with van der Waals surface area (Å²) >= 11 is 6.16. The molecule has 220 valence electrons. The smallest absolute Gasteiger partial charge is 0.322 e. The summed E-state index contributed by atoms with van der Waals surface area (Å²) in [4.78, 5) is 12.3. The number of nitrogens with one attached hydrogen (secondary N) is 3. The van der Waals surface area contributed by atoms with Crippen LogP contribution in [0.1, 0.15) is 27.0 Å². The molecule has 4 rings (SSSR count). The Morgan fingerprint density at radius 3 is 2.10 bits per heavy atom. The first-order valence-corrected chi connectivity index (χ1v) is 15.4. The van der Waals surface area contributed by atoms with Crippen molar-refractivity contribution in [2.24, 2.45) is 0 Å². The molecule has 0 aliphatic heterocycles. The van der Waals surface area contributed by atoms with Crippen LogP contribution in [0.25, 0.3) is 0 Å². The lowest BCUT2D eigenvalue weighted by atomic mass is 10.1. The Kier molecular flexibility index (Phi) is 8.58. The molecule has 14 heteroatoms. The van der Waals surface area contributed by atoms with Gasteiger partial charge in [-0.15, -0.1) is 0 Å². The van der Waals surface area contributed by atoms with Crippen LogP contribution in [0.4, 0.5) is 30.2 Å². The maximum atomic E-state index is 13.1. The normalized spacial score (nSPS) is 12.0. The van der Waals surface area contributed by atoms with E-state index in [1.807, 2.05) is 13.0 Å². The number of hydrogen-bond acceptors (Lipinski definition) is 5. The molecule has 0 atom stereocenters. The quantitative estimate of drug-likeness (QED) is 0.196. The van der Waals surface area contributed by atoms with E-state index in [4.69, 9.17) is 11.6 Å². The second-order valence-electron chi connectivity index (χ2n) is 9.16. The van der Waals surface area contributed by atoms with Crippen LogP contribution in [0.3, 0.4) is 0 Å². The van der Waals surface area contributed by atoms with Gasteiger partial charge in [-0.05, 0) is 91.7 Å². The molecule has 0 bridgehead atoms. The minimum absolute atomic E-state index is 0.0383. The van der Waals surface area contributed by atoms with Crippen molar-refractivity contribution in [2.75, 3.05) is 14.8 Å². The number of benzene rings is 4. The van der Waals surface area contributed by atoms with Crippen LogP contribution < -0.4 is 14.8 Å². The van der Waals surface area contributed by atoms with Gasteiger partial charge in [-0.25, -0.2) is 16.8 Å². The van der Waals surface area contributed by atoms with E-state index in [0.717, 1.165) is 41.5 Å². The lowest BCUT2D eigenvalue weighted by Gasteiger charge is -2.14. The first kappa shape index (κ1) is 30.9. The molecule has 1 amide bonds. The van der Waals surface area contributed by atoms with E-state index in [2.05, 4.69) is 14.8 Å². The predicted octanol–water partition coefficient (Wildman–Crippen LogP) is 6.83. The van der Waals surface area contributed by atoms with Gasteiger partial charge in [-0.3, -0.25) is 14.2 Å². The second kappa shape index (κ2) is 11.7. The van der Waals surface area contributed by atoms with Crippen molar-refractivity contribution in [1.82, 2.24) is 0 Å². The van der Waals surface area contributed by atoms with Gasteiger partial charge < -0.3 is 5.32 Å². The highest BCUT2D eigenvalue weighted by atomic mass is 35.5. The Morgan fingerprint density at radius 1 is 0.762 bits per heavy atom. The Balaban J connectivity index is 1.50. The molecule has 0 radical (unpaired) electrons. The van der Waals surface area contributed by atoms with Gasteiger partial charge in [0.05, 0.1) is 21.2 Å². The third-order valence-electron chi connectivity index (χ3n) is 6.20. The summed E-state index contributed by atoms with van der Waals surface area (Å²) in [7, 11) is -8.42. The first-order valence-electron chi connectivity index (χ1n) is 12.1. The van der Waals surface area contributed by atoms with Crippen molar-refractivity contribution in [1.29, 1.82) is 0 Å². The van der Waals surface area contributed by atoms with Crippen LogP contribution in [0.2, 0.25) is 5.02 Å². The molecule has 3 N–H and O–H groups in total. The van der Waals surface area contributed by atoms with Gasteiger partial charge in [-0.1, -0.05) is 29.8 Å². The largest absolute Gasteiger partial charge is 0.416 e. The number of anilines is 3. The lowest BCUT2D eigenvalue weighted by Crippen LogP contribution is -2.17. The van der Waals surface area contributed by atoms with Crippen molar-refractivity contribution >= 4 is 54.6 Å². The molecule has 4 aromatic carbocycles. The standard InChI is InChI=1S/C28H23ClF3N3O5S2/c1-17-5-3-8-25(18(17)2)35-42(39,40)26-15-19(9-14-24(26)29)27(36)33-21-10-12-23(13-11-21)41(37,38)34-22-7-4-6-20(16-22)28(30,31)32/h3-16,34-35H,1-2H3,(H,33,36). The maximum absolute atomic E-state index is 13.1. The zero-order valence-electron chi connectivity index (χ0n) is 22.0. The van der Waals surface area contributed by atoms with Crippen LogP contribution in [0.5, 0.6) is 0 Å². The molecule has 0 heterocycles. The van der Waals surface area contributed by atoms with Crippen molar-refractivity contribution in [3.05, 3.63) is 112 Å². The maximum Gasteiger partial charge on any atom is 0.416 e. The third-order valence-corrected chi connectivity index (χ3v) is 9.44. The first-order chi connectivity index (χ1) is 19.6. The Bertz CT molecular complexity index is 1880. The van der Waals surface area contributed by atoms with Crippen molar-refractivity contribution in [2.45, 2.75) is 29.8 Å². The number of hydrogen-bond donors (Lipinski definition) is 3. The summed E-state index contributed by atoms with van der Waals surface area (Å²) in [6.07, 6.45) is -4.65. The topological polar surface area (TPSA) is 121 Å². The van der Waals surface area contributed by atoms with E-state index in [1.54, 1.807) is 19.1 Å². The van der Waals surface area contributed by atoms with E-state index in [-0.39, 0.29) is 31.8 Å². The van der Waals surface area contributed by atoms with Crippen molar-refractivity contribution in [3.8, 4) is 0 Å². The minimum atomic E-state index is -4.65. The predicted molar refractivity (Wildman–Crippen MR) is 155 cm³/mol. The summed E-state index contributed by atoms with van der Waals surface area (Å²) in [5, 5.41) is 2.43. The molecule has 0 saturated heterocycles. The zero-order chi connectivity index (χ0) is 30.9. The molecule has 0 aliphatic carbocycles. The Labute approximate surface area is 245 Å². The molecule has 0 spiro atoms. The van der Waals surface area contributed by atoms with Crippen LogP contribution in [-0.2, 0) is 26.2 Å². The van der Waals surface area contributed by atoms with Crippen LogP contribution in [0.15, 0.2) is 94.7 Å². The van der Waals surface area contributed by atoms with E-state index in [9.17, 15) is 34.8 Å². The molecule has 4 aromatic rings. The molecule has 0 saturated carbocycles. The molecular formula is C28H23ClF3N3O5S2. The van der Waals surface area contributed by atoms with Gasteiger partial charge in [0.1, 0.15) is 4.90 Å². The van der Waals surface area contributed by atoms with Crippen molar-refractivity contribution in [3.63, 3.8) is 0 Å². The van der Waals surface area contributed by atoms with E-state index in [1.165, 1.54) is 30.3 Å². The van der Waals surface area contributed by atoms with Gasteiger partial charge >= 0.3 is 6.18 Å². The molecular weight excluding hydrogens is 615 g/mol. The summed E-state index contributed by atoms with van der Waals surface area (Å²) in [6, 6.07) is 17.4.